The Morgan fingerprint density at radius 2 is 1.87 bits per heavy atom. The third kappa shape index (κ3) is 3.18. The van der Waals surface area contributed by atoms with Gasteiger partial charge in [0.1, 0.15) is 13.2 Å². The minimum Gasteiger partial charge on any atom is -0.486 e. The van der Waals surface area contributed by atoms with Gasteiger partial charge in [-0.05, 0) is 59.9 Å². The number of tetrazole rings is 1. The van der Waals surface area contributed by atoms with Crippen molar-refractivity contribution in [1.82, 2.24) is 20.2 Å². The average Bonchev–Trinajstić information content (AvgIpc) is 3.44. The standard InChI is InChI=1S/C23H27N5O2/c1-3-17-8-6-7-16(2)21(17)28-22(25-26-27-28)23(11-4-5-12-23)24-18-9-10-19-20(15-18)30-14-13-29-19/h6-10,15,24H,3-5,11-14H2,1-2H3. The van der Waals surface area contributed by atoms with Gasteiger partial charge in [0.25, 0.3) is 0 Å². The van der Waals surface area contributed by atoms with E-state index in [0.717, 1.165) is 60.8 Å². The summed E-state index contributed by atoms with van der Waals surface area (Å²) >= 11 is 0. The van der Waals surface area contributed by atoms with E-state index in [9.17, 15) is 0 Å². The van der Waals surface area contributed by atoms with Gasteiger partial charge in [-0.15, -0.1) is 5.10 Å². The SMILES string of the molecule is CCc1cccc(C)c1-n1nnnc1C1(Nc2ccc3c(c2)OCCO3)CCCC1. The number of aromatic nitrogens is 4. The molecule has 5 rings (SSSR count). The second-order valence-electron chi connectivity index (χ2n) is 8.12. The molecule has 1 aliphatic heterocycles. The molecule has 1 aliphatic carbocycles. The first-order chi connectivity index (χ1) is 14.7. The Hall–Kier alpha value is -3.09. The van der Waals surface area contributed by atoms with Crippen LogP contribution in [0.4, 0.5) is 5.69 Å². The molecular weight excluding hydrogens is 378 g/mol. The maximum atomic E-state index is 5.78. The molecule has 156 valence electrons. The van der Waals surface area contributed by atoms with E-state index in [-0.39, 0.29) is 5.54 Å². The quantitative estimate of drug-likeness (QED) is 0.686. The Morgan fingerprint density at radius 1 is 1.07 bits per heavy atom. The summed E-state index contributed by atoms with van der Waals surface area (Å²) in [5.41, 5.74) is 4.19. The molecule has 1 aromatic heterocycles. The van der Waals surface area contributed by atoms with E-state index in [2.05, 4.69) is 52.9 Å². The van der Waals surface area contributed by atoms with Crippen LogP contribution >= 0.6 is 0 Å². The van der Waals surface area contributed by atoms with Crippen LogP contribution in [0.5, 0.6) is 11.5 Å². The van der Waals surface area contributed by atoms with Crippen LogP contribution in [-0.4, -0.2) is 33.4 Å². The number of para-hydroxylation sites is 1. The first-order valence-corrected chi connectivity index (χ1v) is 10.8. The van der Waals surface area contributed by atoms with Crippen LogP contribution in [0.3, 0.4) is 0 Å². The normalized spacial score (nSPS) is 17.1. The van der Waals surface area contributed by atoms with Gasteiger partial charge in [0.2, 0.25) is 0 Å². The molecule has 7 nitrogen and oxygen atoms in total. The first kappa shape index (κ1) is 18.9. The fourth-order valence-electron chi connectivity index (χ4n) is 4.72. The molecular formula is C23H27N5O2. The molecule has 30 heavy (non-hydrogen) atoms. The highest BCUT2D eigenvalue weighted by Gasteiger charge is 2.41. The molecule has 0 bridgehead atoms. The van der Waals surface area contributed by atoms with Gasteiger partial charge in [0, 0.05) is 11.8 Å². The van der Waals surface area contributed by atoms with Crippen LogP contribution in [-0.2, 0) is 12.0 Å². The monoisotopic (exact) mass is 405 g/mol. The highest BCUT2D eigenvalue weighted by Crippen LogP contribution is 2.43. The highest BCUT2D eigenvalue weighted by atomic mass is 16.6. The molecule has 1 N–H and O–H groups in total. The van der Waals surface area contributed by atoms with Crippen LogP contribution in [0, 0.1) is 6.92 Å². The Morgan fingerprint density at radius 3 is 2.67 bits per heavy atom. The maximum Gasteiger partial charge on any atom is 0.181 e. The van der Waals surface area contributed by atoms with E-state index < -0.39 is 0 Å². The molecule has 7 heteroatoms. The summed E-state index contributed by atoms with van der Waals surface area (Å²) in [5, 5.41) is 16.8. The van der Waals surface area contributed by atoms with E-state index in [1.807, 2.05) is 22.9 Å². The number of rotatable bonds is 5. The number of ether oxygens (including phenoxy) is 2. The van der Waals surface area contributed by atoms with Crippen LogP contribution in [0.25, 0.3) is 5.69 Å². The summed E-state index contributed by atoms with van der Waals surface area (Å²) < 4.78 is 13.4. The topological polar surface area (TPSA) is 74.1 Å². The predicted molar refractivity (Wildman–Crippen MR) is 114 cm³/mol. The van der Waals surface area contributed by atoms with Gasteiger partial charge in [0.15, 0.2) is 17.3 Å². The molecule has 0 radical (unpaired) electrons. The molecule has 2 aliphatic rings. The van der Waals surface area contributed by atoms with E-state index >= 15 is 0 Å². The highest BCUT2D eigenvalue weighted by molar-refractivity contribution is 5.57. The molecule has 0 amide bonds. The second-order valence-corrected chi connectivity index (χ2v) is 8.12. The van der Waals surface area contributed by atoms with Gasteiger partial charge < -0.3 is 14.8 Å². The summed E-state index contributed by atoms with van der Waals surface area (Å²) in [4.78, 5) is 0. The lowest BCUT2D eigenvalue weighted by molar-refractivity contribution is 0.171. The molecule has 1 fully saturated rings. The van der Waals surface area contributed by atoms with Crippen LogP contribution in [0.2, 0.25) is 0 Å². The maximum absolute atomic E-state index is 5.78. The van der Waals surface area contributed by atoms with Gasteiger partial charge in [-0.2, -0.15) is 4.68 Å². The number of fused-ring (bicyclic) bond motifs is 1. The molecule has 2 heterocycles. The number of nitrogens with zero attached hydrogens (tertiary/aromatic N) is 4. The van der Waals surface area contributed by atoms with Gasteiger partial charge in [0.05, 0.1) is 11.2 Å². The molecule has 0 spiro atoms. The smallest absolute Gasteiger partial charge is 0.181 e. The lowest BCUT2D eigenvalue weighted by Gasteiger charge is -2.31. The van der Waals surface area contributed by atoms with Crippen molar-refractivity contribution >= 4 is 5.69 Å². The van der Waals surface area contributed by atoms with Gasteiger partial charge in [-0.25, -0.2) is 0 Å². The number of hydrogen-bond acceptors (Lipinski definition) is 6. The van der Waals surface area contributed by atoms with Crippen molar-refractivity contribution in [2.75, 3.05) is 18.5 Å². The number of aryl methyl sites for hydroxylation is 2. The lowest BCUT2D eigenvalue weighted by Crippen LogP contribution is -2.36. The Bertz CT molecular complexity index is 1060. The summed E-state index contributed by atoms with van der Waals surface area (Å²) in [5.74, 6) is 2.45. The van der Waals surface area contributed by atoms with Crippen LogP contribution in [0.1, 0.15) is 49.6 Å². The number of hydrogen-bond donors (Lipinski definition) is 1. The third-order valence-electron chi connectivity index (χ3n) is 6.19. The van der Waals surface area contributed by atoms with Crippen molar-refractivity contribution in [3.05, 3.63) is 53.3 Å². The Kier molecular flexibility index (Phi) is 4.81. The van der Waals surface area contributed by atoms with E-state index in [0.29, 0.717) is 13.2 Å². The summed E-state index contributed by atoms with van der Waals surface area (Å²) in [6, 6.07) is 12.4. The van der Waals surface area contributed by atoms with E-state index in [4.69, 9.17) is 9.47 Å². The number of nitrogens with one attached hydrogen (secondary N) is 1. The van der Waals surface area contributed by atoms with Gasteiger partial charge in [-0.1, -0.05) is 38.0 Å². The van der Waals surface area contributed by atoms with Crippen molar-refractivity contribution in [3.63, 3.8) is 0 Å². The minimum atomic E-state index is -0.319. The summed E-state index contributed by atoms with van der Waals surface area (Å²) in [6.07, 6.45) is 5.17. The van der Waals surface area contributed by atoms with E-state index in [1.165, 1.54) is 11.1 Å². The molecule has 0 unspecified atom stereocenters. The summed E-state index contributed by atoms with van der Waals surface area (Å²) in [7, 11) is 0. The fourth-order valence-corrected chi connectivity index (χ4v) is 4.72. The molecule has 1 saturated carbocycles. The number of benzene rings is 2. The third-order valence-corrected chi connectivity index (χ3v) is 6.19. The average molecular weight is 406 g/mol. The Labute approximate surface area is 176 Å². The summed E-state index contributed by atoms with van der Waals surface area (Å²) in [6.45, 7) is 5.46. The van der Waals surface area contributed by atoms with Crippen molar-refractivity contribution in [2.45, 2.75) is 51.5 Å². The first-order valence-electron chi connectivity index (χ1n) is 10.8. The van der Waals surface area contributed by atoms with Crippen LogP contribution in [0.15, 0.2) is 36.4 Å². The zero-order valence-corrected chi connectivity index (χ0v) is 17.5. The molecule has 2 aromatic carbocycles. The minimum absolute atomic E-state index is 0.319. The van der Waals surface area contributed by atoms with Gasteiger partial charge >= 0.3 is 0 Å². The zero-order chi connectivity index (χ0) is 20.6. The van der Waals surface area contributed by atoms with Crippen LogP contribution < -0.4 is 14.8 Å². The van der Waals surface area contributed by atoms with Crippen molar-refractivity contribution < 1.29 is 9.47 Å². The molecule has 0 saturated heterocycles. The largest absolute Gasteiger partial charge is 0.486 e. The van der Waals surface area contributed by atoms with Crippen molar-refractivity contribution in [1.29, 1.82) is 0 Å². The van der Waals surface area contributed by atoms with Crippen molar-refractivity contribution in [2.24, 2.45) is 0 Å². The zero-order valence-electron chi connectivity index (χ0n) is 17.5. The van der Waals surface area contributed by atoms with E-state index in [1.54, 1.807) is 0 Å². The predicted octanol–water partition coefficient (Wildman–Crippen LogP) is 4.19. The van der Waals surface area contributed by atoms with Crippen molar-refractivity contribution in [3.8, 4) is 17.2 Å². The number of anilines is 1. The molecule has 3 aromatic rings. The second kappa shape index (κ2) is 7.63. The molecule has 0 atom stereocenters. The lowest BCUT2D eigenvalue weighted by atomic mass is 9.95. The fraction of sp³-hybridized carbons (Fsp3) is 0.435. The Balaban J connectivity index is 1.56. The van der Waals surface area contributed by atoms with Gasteiger partial charge in [-0.3, -0.25) is 0 Å².